The predicted octanol–water partition coefficient (Wildman–Crippen LogP) is 5.14. The molecule has 1 N–H and O–H groups in total. The number of nitrogens with zero attached hydrogens (tertiary/aromatic N) is 4. The molecule has 1 atom stereocenters. The van der Waals surface area contributed by atoms with E-state index in [-0.39, 0.29) is 50.4 Å². The summed E-state index contributed by atoms with van der Waals surface area (Å²) >= 11 is 13.4. The quantitative estimate of drug-likeness (QED) is 0.249. The number of halogens is 4. The lowest BCUT2D eigenvalue weighted by molar-refractivity contribution is -0.155. The van der Waals surface area contributed by atoms with E-state index in [1.165, 1.54) is 27.3 Å². The molecule has 11 nitrogen and oxygen atoms in total. The second-order valence-corrected chi connectivity index (χ2v) is 12.6. The van der Waals surface area contributed by atoms with Crippen LogP contribution in [-0.4, -0.2) is 57.7 Å². The summed E-state index contributed by atoms with van der Waals surface area (Å²) < 4.78 is 43.7. The first-order chi connectivity index (χ1) is 23.4. The normalized spacial score (nSPS) is 15.9. The molecule has 1 fully saturated rings. The van der Waals surface area contributed by atoms with Crippen LogP contribution in [0.3, 0.4) is 0 Å². The van der Waals surface area contributed by atoms with Crippen LogP contribution in [0.5, 0.6) is 5.88 Å². The number of hydrogen-bond donors (Lipinski definition) is 1. The largest absolute Gasteiger partial charge is 0.481 e. The molecular weight excluding hydrogens is 683 g/mol. The third-order valence-electron chi connectivity index (χ3n) is 8.94. The molecule has 6 rings (SSSR count). The summed E-state index contributed by atoms with van der Waals surface area (Å²) in [5, 5.41) is 1.90. The van der Waals surface area contributed by atoms with Gasteiger partial charge in [-0.2, -0.15) is 0 Å². The lowest BCUT2D eigenvalue weighted by atomic mass is 9.95. The highest BCUT2D eigenvalue weighted by Crippen LogP contribution is 2.47. The number of pyridine rings is 1. The molecule has 0 radical (unpaired) electrons. The molecule has 2 aliphatic rings. The fraction of sp³-hybridized carbons (Fsp3) is 0.324. The molecule has 0 saturated carbocycles. The summed E-state index contributed by atoms with van der Waals surface area (Å²) in [5.41, 5.74) is -0.262. The maximum absolute atomic E-state index is 15.6. The van der Waals surface area contributed by atoms with Gasteiger partial charge in [0.1, 0.15) is 17.2 Å². The van der Waals surface area contributed by atoms with Crippen LogP contribution in [0.25, 0.3) is 22.4 Å². The van der Waals surface area contributed by atoms with Gasteiger partial charge in [-0.25, -0.2) is 18.6 Å². The average molecular weight is 715 g/mol. The van der Waals surface area contributed by atoms with Gasteiger partial charge in [-0.05, 0) is 55.7 Å². The molecule has 1 aliphatic heterocycles. The van der Waals surface area contributed by atoms with E-state index >= 15 is 8.78 Å². The van der Waals surface area contributed by atoms with Crippen molar-refractivity contribution in [1.29, 1.82) is 0 Å². The number of hydrogen-bond acceptors (Lipinski definition) is 8. The number of carbonyl (C=O) groups excluding carboxylic acids is 2. The van der Waals surface area contributed by atoms with E-state index in [4.69, 9.17) is 37.7 Å². The van der Waals surface area contributed by atoms with Crippen LogP contribution >= 0.6 is 23.2 Å². The SMILES string of the molecule is CCOC(=O)C1CN([C@H]2CCc3cc(-c4ccc(F)c(-c5c(F)ccc(NC(=O)c6cn(C)c(=O)n(C)c6=O)c5Cl)c4Cl)nc(OC)c32)C1. The minimum Gasteiger partial charge on any atom is -0.481 e. The van der Waals surface area contributed by atoms with Gasteiger partial charge < -0.3 is 19.4 Å². The Hall–Kier alpha value is -4.59. The van der Waals surface area contributed by atoms with E-state index in [0.29, 0.717) is 37.7 Å². The summed E-state index contributed by atoms with van der Waals surface area (Å²) in [6.45, 7) is 3.23. The fourth-order valence-corrected chi connectivity index (χ4v) is 7.07. The van der Waals surface area contributed by atoms with Gasteiger partial charge in [0.05, 0.1) is 41.1 Å². The molecular formula is C34H31Cl2F2N5O6. The molecule has 0 bridgehead atoms. The van der Waals surface area contributed by atoms with Gasteiger partial charge >= 0.3 is 11.7 Å². The number of rotatable bonds is 8. The van der Waals surface area contributed by atoms with Crippen molar-refractivity contribution in [2.24, 2.45) is 20.0 Å². The zero-order valence-electron chi connectivity index (χ0n) is 26.9. The predicted molar refractivity (Wildman–Crippen MR) is 179 cm³/mol. The third kappa shape index (κ3) is 6.00. The first-order valence-electron chi connectivity index (χ1n) is 15.4. The molecule has 3 heterocycles. The zero-order chi connectivity index (χ0) is 35.3. The summed E-state index contributed by atoms with van der Waals surface area (Å²) in [6, 6.07) is 6.52. The smallest absolute Gasteiger partial charge is 0.330 e. The summed E-state index contributed by atoms with van der Waals surface area (Å²) in [4.78, 5) is 56.8. The van der Waals surface area contributed by atoms with Crippen LogP contribution in [0.2, 0.25) is 10.0 Å². The van der Waals surface area contributed by atoms with Crippen molar-refractivity contribution in [2.45, 2.75) is 25.8 Å². The molecule has 1 amide bonds. The number of benzene rings is 2. The number of likely N-dealkylation sites (tertiary alicyclic amines) is 1. The van der Waals surface area contributed by atoms with E-state index in [2.05, 4.69) is 10.2 Å². The first-order valence-corrected chi connectivity index (χ1v) is 16.1. The molecule has 49 heavy (non-hydrogen) atoms. The molecule has 0 unspecified atom stereocenters. The number of aryl methyl sites for hydroxylation is 2. The summed E-state index contributed by atoms with van der Waals surface area (Å²) in [5.74, 6) is -2.75. The Bertz CT molecular complexity index is 2150. The number of nitrogens with one attached hydrogen (secondary N) is 1. The lowest BCUT2D eigenvalue weighted by Gasteiger charge is -2.42. The standard InChI is InChI=1S/C34H31Cl2F2N5O6/c1-5-49-33(46)17-13-43(14-17)24-11-6-16-12-23(40-31(48-4)25(16)24)18-7-8-20(37)26(28(18)35)27-21(38)9-10-22(29(27)36)39-30(44)19-15-41(2)34(47)42(3)32(19)45/h7-10,12,15,17,24H,5-6,11,13-14H2,1-4H3,(H,39,44)/t24-/m0/s1. The van der Waals surface area contributed by atoms with Crippen molar-refractivity contribution in [3.05, 3.63) is 95.7 Å². The number of carbonyl (C=O) groups is 2. The molecule has 15 heteroatoms. The molecule has 1 saturated heterocycles. The lowest BCUT2D eigenvalue weighted by Crippen LogP contribution is -2.51. The van der Waals surface area contributed by atoms with Crippen LogP contribution in [0.4, 0.5) is 14.5 Å². The Balaban J connectivity index is 1.35. The number of methoxy groups -OCH3 is 1. The van der Waals surface area contributed by atoms with Crippen LogP contribution in [0.1, 0.15) is 40.9 Å². The Morgan fingerprint density at radius 2 is 1.71 bits per heavy atom. The second kappa shape index (κ2) is 13.4. The summed E-state index contributed by atoms with van der Waals surface area (Å²) in [7, 11) is 4.09. The van der Waals surface area contributed by atoms with Gasteiger partial charge in [0, 0.05) is 61.7 Å². The van der Waals surface area contributed by atoms with E-state index in [1.807, 2.05) is 6.07 Å². The van der Waals surface area contributed by atoms with Crippen LogP contribution in [-0.2, 0) is 30.0 Å². The highest BCUT2D eigenvalue weighted by atomic mass is 35.5. The van der Waals surface area contributed by atoms with Crippen LogP contribution in [0, 0.1) is 17.6 Å². The Labute approximate surface area is 289 Å². The molecule has 2 aromatic carbocycles. The summed E-state index contributed by atoms with van der Waals surface area (Å²) in [6.07, 6.45) is 2.54. The average Bonchev–Trinajstić information content (AvgIpc) is 3.47. The monoisotopic (exact) mass is 713 g/mol. The Morgan fingerprint density at radius 1 is 1.04 bits per heavy atom. The van der Waals surface area contributed by atoms with Crippen molar-refractivity contribution < 1.29 is 27.8 Å². The number of ether oxygens (including phenoxy) is 2. The van der Waals surface area contributed by atoms with Gasteiger partial charge in [-0.1, -0.05) is 23.2 Å². The van der Waals surface area contributed by atoms with Gasteiger partial charge in [0.25, 0.3) is 11.5 Å². The topological polar surface area (TPSA) is 125 Å². The number of aromatic nitrogens is 3. The highest BCUT2D eigenvalue weighted by molar-refractivity contribution is 6.39. The Kier molecular flexibility index (Phi) is 9.36. The van der Waals surface area contributed by atoms with Crippen molar-refractivity contribution in [2.75, 3.05) is 32.1 Å². The molecule has 1 aliphatic carbocycles. The van der Waals surface area contributed by atoms with E-state index in [0.717, 1.165) is 51.1 Å². The molecule has 4 aromatic rings. The maximum Gasteiger partial charge on any atom is 0.330 e. The first kappa shape index (κ1) is 34.3. The minimum atomic E-state index is -0.919. The molecule has 256 valence electrons. The van der Waals surface area contributed by atoms with Gasteiger partial charge in [-0.3, -0.25) is 23.9 Å². The molecule has 2 aromatic heterocycles. The van der Waals surface area contributed by atoms with Crippen molar-refractivity contribution >= 4 is 40.8 Å². The highest BCUT2D eigenvalue weighted by Gasteiger charge is 2.42. The van der Waals surface area contributed by atoms with Crippen LogP contribution in [0.15, 0.2) is 46.1 Å². The van der Waals surface area contributed by atoms with Crippen molar-refractivity contribution in [3.63, 3.8) is 0 Å². The van der Waals surface area contributed by atoms with Crippen molar-refractivity contribution in [1.82, 2.24) is 19.0 Å². The maximum atomic E-state index is 15.6. The van der Waals surface area contributed by atoms with Crippen molar-refractivity contribution in [3.8, 4) is 28.3 Å². The third-order valence-corrected chi connectivity index (χ3v) is 9.73. The number of fused-ring (bicyclic) bond motifs is 1. The van der Waals surface area contributed by atoms with Gasteiger partial charge in [0.15, 0.2) is 0 Å². The van der Waals surface area contributed by atoms with E-state index < -0.39 is 34.4 Å². The van der Waals surface area contributed by atoms with Gasteiger partial charge in [-0.15, -0.1) is 0 Å². The second-order valence-electron chi connectivity index (χ2n) is 11.9. The molecule has 0 spiro atoms. The van der Waals surface area contributed by atoms with Crippen LogP contribution < -0.4 is 21.3 Å². The van der Waals surface area contributed by atoms with E-state index in [9.17, 15) is 19.2 Å². The minimum absolute atomic E-state index is 0.0109. The number of esters is 1. The number of anilines is 1. The fourth-order valence-electron chi connectivity index (χ4n) is 6.43. The van der Waals surface area contributed by atoms with E-state index in [1.54, 1.807) is 6.92 Å². The number of amides is 1. The van der Waals surface area contributed by atoms with Gasteiger partial charge in [0.2, 0.25) is 5.88 Å². The Morgan fingerprint density at radius 3 is 2.39 bits per heavy atom. The zero-order valence-corrected chi connectivity index (χ0v) is 28.4.